The van der Waals surface area contributed by atoms with Gasteiger partial charge in [-0.25, -0.2) is 8.42 Å². The second-order valence-corrected chi connectivity index (χ2v) is 7.80. The van der Waals surface area contributed by atoms with Crippen molar-refractivity contribution in [3.8, 4) is 0 Å². The lowest BCUT2D eigenvalue weighted by Gasteiger charge is -2.37. The van der Waals surface area contributed by atoms with Crippen LogP contribution in [0.25, 0.3) is 0 Å². The average Bonchev–Trinajstić information content (AvgIpc) is 2.82. The zero-order valence-corrected chi connectivity index (χ0v) is 11.6. The molecule has 3 atom stereocenters. The van der Waals surface area contributed by atoms with Crippen LogP contribution in [-0.2, 0) is 15.4 Å². The Balaban J connectivity index is 2.19. The molecule has 1 aromatic heterocycles. The molecule has 0 aromatic carbocycles. The largest absolute Gasteiger partial charge is 0.472 e. The number of hydrogen-bond donors (Lipinski definition) is 1. The second kappa shape index (κ2) is 4.70. The third-order valence-electron chi connectivity index (χ3n) is 4.13. The van der Waals surface area contributed by atoms with E-state index in [1.54, 1.807) is 13.0 Å². The normalized spacial score (nSPS) is 28.8. The molecule has 1 fully saturated rings. The van der Waals surface area contributed by atoms with Gasteiger partial charge in [-0.2, -0.15) is 0 Å². The Morgan fingerprint density at radius 1 is 1.44 bits per heavy atom. The highest BCUT2D eigenvalue weighted by Crippen LogP contribution is 2.40. The molecule has 3 unspecified atom stereocenters. The van der Waals surface area contributed by atoms with E-state index in [0.717, 1.165) is 18.4 Å². The van der Waals surface area contributed by atoms with E-state index in [1.807, 2.05) is 0 Å². The summed E-state index contributed by atoms with van der Waals surface area (Å²) in [7, 11) is -3.02. The van der Waals surface area contributed by atoms with Gasteiger partial charge in [0.05, 0.1) is 23.4 Å². The summed E-state index contributed by atoms with van der Waals surface area (Å²) in [6.07, 6.45) is 7.27. The van der Waals surface area contributed by atoms with Crippen molar-refractivity contribution in [3.05, 3.63) is 24.2 Å². The van der Waals surface area contributed by atoms with E-state index in [4.69, 9.17) is 4.42 Å². The third kappa shape index (κ3) is 2.62. The highest BCUT2D eigenvalue weighted by atomic mass is 32.2. The first kappa shape index (κ1) is 13.6. The van der Waals surface area contributed by atoms with E-state index in [2.05, 4.69) is 0 Å². The van der Waals surface area contributed by atoms with Crippen LogP contribution >= 0.6 is 0 Å². The average molecular weight is 272 g/mol. The highest BCUT2D eigenvalue weighted by Gasteiger charge is 2.40. The number of sulfone groups is 1. The van der Waals surface area contributed by atoms with Gasteiger partial charge in [0.25, 0.3) is 0 Å². The number of rotatable bonds is 3. The maximum atomic E-state index is 11.6. The molecular formula is C13H20O4S. The molecule has 0 amide bonds. The topological polar surface area (TPSA) is 67.5 Å². The van der Waals surface area contributed by atoms with E-state index in [9.17, 15) is 13.5 Å². The molecule has 4 nitrogen and oxygen atoms in total. The Hall–Kier alpha value is -0.810. The molecule has 1 aromatic rings. The minimum Gasteiger partial charge on any atom is -0.472 e. The monoisotopic (exact) mass is 272 g/mol. The van der Waals surface area contributed by atoms with Crippen molar-refractivity contribution < 1.29 is 17.9 Å². The summed E-state index contributed by atoms with van der Waals surface area (Å²) in [6, 6.07) is 1.74. The van der Waals surface area contributed by atoms with Gasteiger partial charge in [0, 0.05) is 11.8 Å². The van der Waals surface area contributed by atoms with Gasteiger partial charge >= 0.3 is 0 Å². The molecule has 1 saturated carbocycles. The lowest BCUT2D eigenvalue weighted by Crippen LogP contribution is -2.38. The Bertz CT molecular complexity index is 487. The van der Waals surface area contributed by atoms with Crippen molar-refractivity contribution >= 4 is 9.84 Å². The Morgan fingerprint density at radius 2 is 2.17 bits per heavy atom. The van der Waals surface area contributed by atoms with Crippen molar-refractivity contribution in [3.63, 3.8) is 0 Å². The first-order valence-corrected chi connectivity index (χ1v) is 8.21. The summed E-state index contributed by atoms with van der Waals surface area (Å²) in [5.74, 6) is -0.0384. The molecule has 102 valence electrons. The molecule has 0 bridgehead atoms. The van der Waals surface area contributed by atoms with E-state index >= 15 is 0 Å². The SMILES string of the molecule is CC(O)(c1ccoc1)C1CCCC(S(C)(=O)=O)C1. The van der Waals surface area contributed by atoms with Crippen molar-refractivity contribution in [2.75, 3.05) is 6.26 Å². The molecule has 5 heteroatoms. The number of aliphatic hydroxyl groups is 1. The fourth-order valence-corrected chi connectivity index (χ4v) is 4.01. The molecule has 1 N–H and O–H groups in total. The van der Waals surface area contributed by atoms with Crippen LogP contribution in [0.4, 0.5) is 0 Å². The smallest absolute Gasteiger partial charge is 0.150 e. The first-order valence-electron chi connectivity index (χ1n) is 6.25. The summed E-state index contributed by atoms with van der Waals surface area (Å²) in [5, 5.41) is 10.3. The van der Waals surface area contributed by atoms with E-state index in [0.29, 0.717) is 12.8 Å². The molecule has 18 heavy (non-hydrogen) atoms. The molecule has 1 heterocycles. The summed E-state index contributed by atoms with van der Waals surface area (Å²) in [5.41, 5.74) is -0.294. The van der Waals surface area contributed by atoms with Crippen molar-refractivity contribution in [2.24, 2.45) is 5.92 Å². The molecular weight excluding hydrogens is 252 g/mol. The van der Waals surface area contributed by atoms with Gasteiger partial charge in [0.2, 0.25) is 0 Å². The quantitative estimate of drug-likeness (QED) is 0.915. The fraction of sp³-hybridized carbons (Fsp3) is 0.692. The van der Waals surface area contributed by atoms with Crippen LogP contribution in [0.5, 0.6) is 0 Å². The first-order chi connectivity index (χ1) is 8.32. The summed E-state index contributed by atoms with van der Waals surface area (Å²) in [4.78, 5) is 0. The fourth-order valence-electron chi connectivity index (χ4n) is 2.83. The number of hydrogen-bond acceptors (Lipinski definition) is 4. The summed E-state index contributed by atoms with van der Waals surface area (Å²) < 4.78 is 28.3. The van der Waals surface area contributed by atoms with Gasteiger partial charge in [-0.3, -0.25) is 0 Å². The Kier molecular flexibility index (Phi) is 3.56. The minimum atomic E-state index is -3.02. The van der Waals surface area contributed by atoms with Crippen molar-refractivity contribution in [1.29, 1.82) is 0 Å². The van der Waals surface area contributed by atoms with Gasteiger partial charge < -0.3 is 9.52 Å². The van der Waals surface area contributed by atoms with E-state index in [-0.39, 0.29) is 11.2 Å². The van der Waals surface area contributed by atoms with Crippen LogP contribution in [0.1, 0.15) is 38.2 Å². The maximum absolute atomic E-state index is 11.6. The van der Waals surface area contributed by atoms with Crippen LogP contribution in [0.15, 0.2) is 23.0 Å². The zero-order valence-electron chi connectivity index (χ0n) is 10.8. The van der Waals surface area contributed by atoms with Crippen molar-refractivity contribution in [1.82, 2.24) is 0 Å². The molecule has 0 radical (unpaired) electrons. The molecule has 1 aliphatic rings. The van der Waals surface area contributed by atoms with Gasteiger partial charge in [-0.15, -0.1) is 0 Å². The van der Waals surface area contributed by atoms with Gasteiger partial charge in [-0.05, 0) is 38.2 Å². The molecule has 0 aliphatic heterocycles. The lowest BCUT2D eigenvalue weighted by molar-refractivity contribution is -0.0212. The van der Waals surface area contributed by atoms with Crippen molar-refractivity contribution in [2.45, 2.75) is 43.5 Å². The summed E-state index contributed by atoms with van der Waals surface area (Å²) in [6.45, 7) is 1.74. The molecule has 2 rings (SSSR count). The van der Waals surface area contributed by atoms with Crippen LogP contribution in [-0.4, -0.2) is 25.0 Å². The minimum absolute atomic E-state index is 0.0384. The lowest BCUT2D eigenvalue weighted by atomic mass is 9.75. The maximum Gasteiger partial charge on any atom is 0.150 e. The van der Waals surface area contributed by atoms with Gasteiger partial charge in [0.1, 0.15) is 9.84 Å². The standard InChI is InChI=1S/C13H20O4S/c1-13(14,11-6-7-17-9-11)10-4-3-5-12(8-10)18(2,15)16/h6-7,9-10,12,14H,3-5,8H2,1-2H3. The number of furan rings is 1. The van der Waals surface area contributed by atoms with Crippen LogP contribution in [0, 0.1) is 5.92 Å². The van der Waals surface area contributed by atoms with Crippen LogP contribution < -0.4 is 0 Å². The Labute approximate surface area is 108 Å². The molecule has 0 spiro atoms. The molecule has 0 saturated heterocycles. The van der Waals surface area contributed by atoms with E-state index < -0.39 is 15.4 Å². The molecule has 1 aliphatic carbocycles. The van der Waals surface area contributed by atoms with Crippen LogP contribution in [0.3, 0.4) is 0 Å². The Morgan fingerprint density at radius 3 is 2.72 bits per heavy atom. The van der Waals surface area contributed by atoms with Gasteiger partial charge in [-0.1, -0.05) is 6.42 Å². The van der Waals surface area contributed by atoms with Gasteiger partial charge in [0.15, 0.2) is 0 Å². The van der Waals surface area contributed by atoms with Crippen LogP contribution in [0.2, 0.25) is 0 Å². The highest BCUT2D eigenvalue weighted by molar-refractivity contribution is 7.91. The predicted molar refractivity (Wildman–Crippen MR) is 68.9 cm³/mol. The predicted octanol–water partition coefficient (Wildman–Crippen LogP) is 2.09. The third-order valence-corrected chi connectivity index (χ3v) is 5.77. The summed E-state index contributed by atoms with van der Waals surface area (Å²) >= 11 is 0. The van der Waals surface area contributed by atoms with E-state index in [1.165, 1.54) is 18.8 Å². The zero-order chi connectivity index (χ0) is 13.4. The second-order valence-electron chi connectivity index (χ2n) is 5.47.